The van der Waals surface area contributed by atoms with Crippen LogP contribution in [0.25, 0.3) is 0 Å². The Morgan fingerprint density at radius 2 is 1.93 bits per heavy atom. The topological polar surface area (TPSA) is 66.7 Å². The van der Waals surface area contributed by atoms with Crippen LogP contribution in [0.1, 0.15) is 0 Å². The second-order valence-electron chi connectivity index (χ2n) is 4.14. The fourth-order valence-electron chi connectivity index (χ4n) is 1.27. The van der Waals surface area contributed by atoms with Crippen molar-refractivity contribution in [2.45, 2.75) is 0 Å². The number of aromatic nitrogens is 2. The fraction of sp³-hybridized carbons (Fsp3) is 0.667. The monoisotopic (exact) mass is 234 g/mol. The lowest BCUT2D eigenvalue weighted by Gasteiger charge is -2.33. The number of rotatable bonds is 0. The predicted molar refractivity (Wildman–Crippen MR) is 65.0 cm³/mol. The smallest absolute Gasteiger partial charge is 0.118 e. The Morgan fingerprint density at radius 1 is 1.33 bits per heavy atom. The maximum Gasteiger partial charge on any atom is 0.118 e. The van der Waals surface area contributed by atoms with Crippen LogP contribution < -0.4 is 11.1 Å². The Hall–Kier alpha value is -0.780. The molecule has 1 aliphatic rings. The average molecular weight is 235 g/mol. The van der Waals surface area contributed by atoms with Crippen molar-refractivity contribution in [2.75, 3.05) is 46.0 Å². The molecule has 0 saturated carbocycles. The Kier molecular flexibility index (Phi) is 6.31. The summed E-state index contributed by atoms with van der Waals surface area (Å²) in [5, 5.41) is 9.42. The first kappa shape index (κ1) is 14.2. The molecule has 1 saturated heterocycles. The number of H-pyrrole nitrogens is 1. The number of hydrogen-bond donors (Lipinski definition) is 3. The van der Waals surface area contributed by atoms with Crippen molar-refractivity contribution >= 4 is 18.2 Å². The number of nitrogen functional groups attached to an aromatic ring is 1. The third-order valence-electron chi connectivity index (χ3n) is 2.31. The van der Waals surface area contributed by atoms with Gasteiger partial charge in [0.2, 0.25) is 0 Å². The van der Waals surface area contributed by atoms with E-state index >= 15 is 0 Å². The summed E-state index contributed by atoms with van der Waals surface area (Å²) in [5.41, 5.74) is 5.16. The lowest BCUT2D eigenvalue weighted by Crippen LogP contribution is -2.53. The highest BCUT2D eigenvalue weighted by Crippen LogP contribution is 1.96. The highest BCUT2D eigenvalue weighted by molar-refractivity contribution is 5.85. The van der Waals surface area contributed by atoms with Crippen molar-refractivity contribution in [3.63, 3.8) is 0 Å². The number of nitrogens with one attached hydrogen (secondary N) is 2. The summed E-state index contributed by atoms with van der Waals surface area (Å²) < 4.78 is 1.19. The van der Waals surface area contributed by atoms with Gasteiger partial charge in [0.05, 0.1) is 33.4 Å². The molecule has 0 amide bonds. The molecular weight excluding hydrogens is 214 g/mol. The second kappa shape index (κ2) is 6.66. The normalized spacial score (nSPS) is 18.3. The number of anilines is 1. The summed E-state index contributed by atoms with van der Waals surface area (Å²) in [6.45, 7) is 4.93. The molecule has 2 heterocycles. The summed E-state index contributed by atoms with van der Waals surface area (Å²) >= 11 is 0. The Bertz CT molecular complexity index is 239. The van der Waals surface area contributed by atoms with E-state index in [1.807, 2.05) is 0 Å². The molecule has 1 aromatic heterocycles. The maximum atomic E-state index is 5.16. The van der Waals surface area contributed by atoms with Gasteiger partial charge in [0.1, 0.15) is 5.82 Å². The number of hydrogen-bond acceptors (Lipinski definition) is 3. The zero-order valence-electron chi connectivity index (χ0n) is 9.36. The molecule has 0 unspecified atom stereocenters. The first-order valence-electron chi connectivity index (χ1n) is 4.88. The molecule has 4 N–H and O–H groups in total. The average Bonchev–Trinajstić information content (AvgIpc) is 2.56. The van der Waals surface area contributed by atoms with E-state index in [2.05, 4.69) is 29.6 Å². The molecule has 0 spiro atoms. The van der Waals surface area contributed by atoms with Gasteiger partial charge in [-0.25, -0.2) is 0 Å². The second-order valence-corrected chi connectivity index (χ2v) is 4.14. The quantitative estimate of drug-likeness (QED) is 0.557. The number of nitrogens with zero attached hydrogens (tertiary/aromatic N) is 2. The SMILES string of the molecule is C[N+]1(C)CCNCC1.Cl.Nc1ccn[nH]1. The van der Waals surface area contributed by atoms with E-state index in [-0.39, 0.29) is 12.4 Å². The van der Waals surface area contributed by atoms with E-state index in [9.17, 15) is 0 Å². The van der Waals surface area contributed by atoms with Crippen LogP contribution in [0.15, 0.2) is 12.3 Å². The van der Waals surface area contributed by atoms with Crippen molar-refractivity contribution in [1.29, 1.82) is 0 Å². The molecule has 15 heavy (non-hydrogen) atoms. The number of nitrogens with two attached hydrogens (primary N) is 1. The van der Waals surface area contributed by atoms with Gasteiger partial charge in [0.15, 0.2) is 0 Å². The molecular formula is C9H21ClN5+. The van der Waals surface area contributed by atoms with E-state index in [4.69, 9.17) is 5.73 Å². The van der Waals surface area contributed by atoms with Gasteiger partial charge in [-0.1, -0.05) is 0 Å². The molecule has 1 aromatic rings. The van der Waals surface area contributed by atoms with Gasteiger partial charge >= 0.3 is 0 Å². The summed E-state index contributed by atoms with van der Waals surface area (Å²) in [5.74, 6) is 0.606. The summed E-state index contributed by atoms with van der Waals surface area (Å²) in [6, 6.07) is 1.69. The van der Waals surface area contributed by atoms with E-state index in [1.54, 1.807) is 12.3 Å². The highest BCUT2D eigenvalue weighted by Gasteiger charge is 2.17. The van der Waals surface area contributed by atoms with Gasteiger partial charge in [0.25, 0.3) is 0 Å². The van der Waals surface area contributed by atoms with Crippen LogP contribution in [-0.4, -0.2) is 55.0 Å². The predicted octanol–water partition coefficient (Wildman–Crippen LogP) is 0.0797. The Morgan fingerprint density at radius 3 is 2.13 bits per heavy atom. The third-order valence-corrected chi connectivity index (χ3v) is 2.31. The molecule has 2 rings (SSSR count). The summed E-state index contributed by atoms with van der Waals surface area (Å²) in [7, 11) is 4.56. The third kappa shape index (κ3) is 6.33. The maximum absolute atomic E-state index is 5.16. The van der Waals surface area contributed by atoms with Crippen molar-refractivity contribution in [3.8, 4) is 0 Å². The molecule has 6 heteroatoms. The summed E-state index contributed by atoms with van der Waals surface area (Å²) in [4.78, 5) is 0. The zero-order valence-corrected chi connectivity index (χ0v) is 10.2. The first-order valence-corrected chi connectivity index (χ1v) is 4.88. The number of quaternary nitrogens is 1. The molecule has 5 nitrogen and oxygen atoms in total. The molecule has 0 bridgehead atoms. The van der Waals surface area contributed by atoms with Crippen LogP contribution in [0.5, 0.6) is 0 Å². The molecule has 1 fully saturated rings. The van der Waals surface area contributed by atoms with Crippen LogP contribution >= 0.6 is 12.4 Å². The van der Waals surface area contributed by atoms with E-state index < -0.39 is 0 Å². The van der Waals surface area contributed by atoms with E-state index in [0.717, 1.165) is 0 Å². The fourth-order valence-corrected chi connectivity index (χ4v) is 1.27. The lowest BCUT2D eigenvalue weighted by atomic mass is 10.3. The van der Waals surface area contributed by atoms with Crippen molar-refractivity contribution in [3.05, 3.63) is 12.3 Å². The van der Waals surface area contributed by atoms with E-state index in [0.29, 0.717) is 5.82 Å². The van der Waals surface area contributed by atoms with Crippen molar-refractivity contribution < 1.29 is 4.48 Å². The van der Waals surface area contributed by atoms with E-state index in [1.165, 1.54) is 30.7 Å². The molecule has 88 valence electrons. The molecule has 1 aliphatic heterocycles. The number of piperazine rings is 1. The first-order chi connectivity index (χ1) is 6.60. The molecule has 0 aromatic carbocycles. The minimum absolute atomic E-state index is 0. The largest absolute Gasteiger partial charge is 0.384 e. The zero-order chi connectivity index (χ0) is 10.4. The van der Waals surface area contributed by atoms with Gasteiger partial charge < -0.3 is 15.5 Å². The summed E-state index contributed by atoms with van der Waals surface area (Å²) in [6.07, 6.45) is 1.61. The lowest BCUT2D eigenvalue weighted by molar-refractivity contribution is -0.891. The number of halogens is 1. The number of aromatic amines is 1. The van der Waals surface area contributed by atoms with Crippen molar-refractivity contribution in [2.24, 2.45) is 0 Å². The van der Waals surface area contributed by atoms with Crippen LogP contribution in [0, 0.1) is 0 Å². The standard InChI is InChI=1S/C6H15N2.C3H5N3.ClH/c1-8(2)5-3-7-4-6-8;4-3-1-2-5-6-3;/h7H,3-6H2,1-2H3;1-2H,(H3,4,5,6);1H/q+1;;. The van der Waals surface area contributed by atoms with Crippen LogP contribution in [0.3, 0.4) is 0 Å². The molecule has 0 radical (unpaired) electrons. The van der Waals surface area contributed by atoms with Gasteiger partial charge in [0, 0.05) is 13.1 Å². The minimum atomic E-state index is 0. The Labute approximate surface area is 97.0 Å². The van der Waals surface area contributed by atoms with Crippen LogP contribution in [0.4, 0.5) is 5.82 Å². The minimum Gasteiger partial charge on any atom is -0.384 e. The highest BCUT2D eigenvalue weighted by atomic mass is 35.5. The van der Waals surface area contributed by atoms with Crippen LogP contribution in [0.2, 0.25) is 0 Å². The van der Waals surface area contributed by atoms with Gasteiger partial charge in [-0.05, 0) is 6.07 Å². The van der Waals surface area contributed by atoms with Gasteiger partial charge in [-0.2, -0.15) is 5.10 Å². The van der Waals surface area contributed by atoms with Gasteiger partial charge in [-0.15, -0.1) is 12.4 Å². The van der Waals surface area contributed by atoms with Crippen LogP contribution in [-0.2, 0) is 0 Å². The Balaban J connectivity index is 0.000000253. The van der Waals surface area contributed by atoms with Gasteiger partial charge in [-0.3, -0.25) is 5.10 Å². The molecule has 0 aliphatic carbocycles. The molecule has 0 atom stereocenters. The number of likely N-dealkylation sites (N-methyl/N-ethyl adjacent to an activating group) is 1. The van der Waals surface area contributed by atoms with Crippen molar-refractivity contribution in [1.82, 2.24) is 15.5 Å².